The van der Waals surface area contributed by atoms with E-state index in [4.69, 9.17) is 10.0 Å². The van der Waals surface area contributed by atoms with Crippen molar-refractivity contribution in [2.45, 2.75) is 0 Å². The molecule has 0 aromatic heterocycles. The van der Waals surface area contributed by atoms with Gasteiger partial charge in [0.15, 0.2) is 0 Å². The van der Waals surface area contributed by atoms with Crippen molar-refractivity contribution < 1.29 is 28.9 Å². The zero-order valence-electron chi connectivity index (χ0n) is 3.23. The van der Waals surface area contributed by atoms with Crippen molar-refractivity contribution in [2.75, 3.05) is 0 Å². The fraction of sp³-hybridized carbons (Fsp3) is 0. The van der Waals surface area contributed by atoms with Crippen LogP contribution in [0, 0.1) is 0 Å². The normalized spacial score (nSPS) is 1.75. The van der Waals surface area contributed by atoms with Crippen LogP contribution in [0.4, 0.5) is 18.8 Å². The molecule has 0 atom stereocenters. The van der Waals surface area contributed by atoms with Crippen LogP contribution in [0.3, 0.4) is 0 Å². The van der Waals surface area contributed by atoms with Crippen LogP contribution < -0.4 is 0 Å². The Hall–Kier alpha value is 0.302. The van der Waals surface area contributed by atoms with Gasteiger partial charge in [0, 0.05) is 0 Å². The van der Waals surface area contributed by atoms with Gasteiger partial charge in [0.2, 0.25) is 0 Å². The van der Waals surface area contributed by atoms with E-state index in [2.05, 4.69) is 0 Å². The molecule has 2 N–H and O–H groups in total. The predicted molar refractivity (Wildman–Crippen MR) is 28.7 cm³/mol. The van der Waals surface area contributed by atoms with Gasteiger partial charge < -0.3 is 10.0 Å². The number of rotatable bonds is 0. The molecule has 0 aromatic rings. The van der Waals surface area contributed by atoms with Crippen LogP contribution in [0.25, 0.3) is 0 Å². The van der Waals surface area contributed by atoms with Crippen LogP contribution >= 0.6 is 0 Å². The van der Waals surface area contributed by atoms with Crippen LogP contribution in [0.2, 0.25) is 0 Å². The molecule has 0 rings (SSSR count). The quantitative estimate of drug-likeness (QED) is 0.303. The first kappa shape index (κ1) is 83.5. The van der Waals surface area contributed by atoms with Gasteiger partial charge in [-0.3, -0.25) is 18.8 Å². The second-order valence-electron chi connectivity index (χ2n) is 0.141. The minimum absolute atomic E-state index is 0. The van der Waals surface area contributed by atoms with Crippen molar-refractivity contribution in [2.24, 2.45) is 0 Å². The molecule has 8 heteroatoms. The first-order chi connectivity index (χ1) is 1.41. The van der Waals surface area contributed by atoms with Crippen LogP contribution in [-0.2, 0) is 0 Å². The molecule has 0 fully saturated rings. The van der Waals surface area contributed by atoms with Gasteiger partial charge in [-0.15, -0.1) is 0 Å². The summed E-state index contributed by atoms with van der Waals surface area (Å²) >= 11 is 0. The fourth-order valence-corrected chi connectivity index (χ4v) is 0. The fourth-order valence-electron chi connectivity index (χ4n) is 0. The van der Waals surface area contributed by atoms with Gasteiger partial charge >= 0.3 is 26.5 Å². The summed E-state index contributed by atoms with van der Waals surface area (Å²) in [7, 11) is -0.750. The molecule has 0 radical (unpaired) electrons. The summed E-state index contributed by atoms with van der Waals surface area (Å²) in [5.74, 6) is 0. The number of hydrogen-bond acceptors (Lipinski definition) is 2. The van der Waals surface area contributed by atoms with Crippen molar-refractivity contribution in [1.29, 1.82) is 0 Å². The van der Waals surface area contributed by atoms with Gasteiger partial charge in [-0.05, 0) is 0 Å². The monoisotopic (exact) mass is 134 g/mol. The third-order valence-corrected chi connectivity index (χ3v) is 0. The standard InChI is InChI=1S/BH3O2.4FH.Li.H/c2-1-3;;;;;;/h1-3H;4*1H;;. The molecule has 0 amide bonds. The molecule has 0 aliphatic rings. The van der Waals surface area contributed by atoms with Gasteiger partial charge in [-0.25, -0.2) is 0 Å². The van der Waals surface area contributed by atoms with Crippen LogP contribution in [0.5, 0.6) is 0 Å². The zero-order valence-corrected chi connectivity index (χ0v) is 3.23. The first-order valence-electron chi connectivity index (χ1n) is 0.632. The van der Waals surface area contributed by atoms with Crippen LogP contribution in [0.15, 0.2) is 0 Å². The third-order valence-electron chi connectivity index (χ3n) is 0. The molecule has 8 heavy (non-hydrogen) atoms. The summed E-state index contributed by atoms with van der Waals surface area (Å²) in [6.07, 6.45) is 0. The molecule has 0 aliphatic heterocycles. The maximum atomic E-state index is 7.12. The molecule has 2 nitrogen and oxygen atoms in total. The molecule has 52 valence electrons. The average molecular weight is 134 g/mol. The number of hydrogen-bond donors (Lipinski definition) is 2. The van der Waals surface area contributed by atoms with Gasteiger partial charge in [0.1, 0.15) is 0 Å². The van der Waals surface area contributed by atoms with E-state index in [0.717, 1.165) is 0 Å². The van der Waals surface area contributed by atoms with E-state index >= 15 is 0 Å². The van der Waals surface area contributed by atoms with E-state index in [9.17, 15) is 0 Å². The molecule has 0 saturated carbocycles. The SMILES string of the molecule is F.F.F.F.OBO.[LiH]. The Labute approximate surface area is 56.2 Å². The van der Waals surface area contributed by atoms with Gasteiger partial charge in [0.05, 0.1) is 0 Å². The van der Waals surface area contributed by atoms with E-state index in [1.807, 2.05) is 0 Å². The molecular formula is H8BF4LiO2. The first-order valence-corrected chi connectivity index (χ1v) is 0.632. The second-order valence-corrected chi connectivity index (χ2v) is 0.141. The van der Waals surface area contributed by atoms with E-state index in [1.165, 1.54) is 0 Å². The zero-order chi connectivity index (χ0) is 2.71. The Morgan fingerprint density at radius 1 is 0.750 bits per heavy atom. The molecule has 0 spiro atoms. The van der Waals surface area contributed by atoms with Crippen LogP contribution in [-0.4, -0.2) is 36.6 Å². The summed E-state index contributed by atoms with van der Waals surface area (Å²) in [5.41, 5.74) is 0. The van der Waals surface area contributed by atoms with Gasteiger partial charge in [-0.2, -0.15) is 0 Å². The Morgan fingerprint density at radius 2 is 0.750 bits per heavy atom. The summed E-state index contributed by atoms with van der Waals surface area (Å²) in [4.78, 5) is 0. The van der Waals surface area contributed by atoms with E-state index in [1.54, 1.807) is 0 Å². The Kier molecular flexibility index (Phi) is 1790. The second kappa shape index (κ2) is 171. The molecular weight excluding hydrogens is 126 g/mol. The summed E-state index contributed by atoms with van der Waals surface area (Å²) in [6, 6.07) is 0. The van der Waals surface area contributed by atoms with Crippen molar-refractivity contribution in [3.8, 4) is 0 Å². The summed E-state index contributed by atoms with van der Waals surface area (Å²) in [6.45, 7) is 0. The van der Waals surface area contributed by atoms with Gasteiger partial charge in [0.25, 0.3) is 0 Å². The van der Waals surface area contributed by atoms with E-state index in [-0.39, 0.29) is 37.7 Å². The average Bonchev–Trinajstić information content (AvgIpc) is 0.918. The molecule has 0 saturated heterocycles. The third kappa shape index (κ3) is 1940. The molecule has 0 aliphatic carbocycles. The van der Waals surface area contributed by atoms with E-state index < -0.39 is 7.69 Å². The molecule has 0 unspecified atom stereocenters. The van der Waals surface area contributed by atoms with Crippen molar-refractivity contribution in [1.82, 2.24) is 0 Å². The topological polar surface area (TPSA) is 40.5 Å². The maximum absolute atomic E-state index is 7.12. The van der Waals surface area contributed by atoms with Gasteiger partial charge in [-0.1, -0.05) is 0 Å². The molecule has 0 aromatic carbocycles. The van der Waals surface area contributed by atoms with Crippen molar-refractivity contribution in [3.63, 3.8) is 0 Å². The Balaban J connectivity index is -0.00000000200. The molecule has 0 bridgehead atoms. The Bertz CT molecular complexity index is 14.0. The van der Waals surface area contributed by atoms with Crippen molar-refractivity contribution >= 4 is 26.5 Å². The Morgan fingerprint density at radius 3 is 0.750 bits per heavy atom. The summed E-state index contributed by atoms with van der Waals surface area (Å²) in [5, 5.41) is 14.2. The van der Waals surface area contributed by atoms with E-state index in [0.29, 0.717) is 0 Å². The summed E-state index contributed by atoms with van der Waals surface area (Å²) < 4.78 is 0. The molecule has 0 heterocycles. The minimum atomic E-state index is -0.750. The predicted octanol–water partition coefficient (Wildman–Crippen LogP) is -1.80. The number of halogens is 4. The van der Waals surface area contributed by atoms with Crippen LogP contribution in [0.1, 0.15) is 0 Å². The van der Waals surface area contributed by atoms with Crippen molar-refractivity contribution in [3.05, 3.63) is 0 Å².